The van der Waals surface area contributed by atoms with Crippen molar-refractivity contribution in [2.24, 2.45) is 13.0 Å². The normalized spacial score (nSPS) is 21.9. The van der Waals surface area contributed by atoms with Crippen molar-refractivity contribution >= 4 is 27.5 Å². The van der Waals surface area contributed by atoms with E-state index in [1.54, 1.807) is 20.9 Å². The van der Waals surface area contributed by atoms with Crippen LogP contribution in [0.1, 0.15) is 30.6 Å². The van der Waals surface area contributed by atoms with Crippen molar-refractivity contribution in [2.75, 3.05) is 39.2 Å². The molecule has 0 radical (unpaired) electrons. The number of carbonyl (C=O) groups excluding carboxylic acids is 2. The van der Waals surface area contributed by atoms with Gasteiger partial charge in [0, 0.05) is 46.2 Å². The third kappa shape index (κ3) is 7.48. The van der Waals surface area contributed by atoms with Gasteiger partial charge in [0.25, 0.3) is 15.9 Å². The van der Waals surface area contributed by atoms with Crippen LogP contribution in [0, 0.1) is 5.92 Å². The Balaban J connectivity index is 1.99. The SMILES string of the molecule is CO[C@H]1CN(C)C(=O)c2cc(NC(=O)CC(F)(F)F)ccc2OC[C@@H](C)N(S(=O)(=O)c2cn(C)cn2)C[C@H]1C. The molecule has 0 bridgehead atoms. The number of amides is 2. The minimum Gasteiger partial charge on any atom is -0.491 e. The second-order valence-corrected chi connectivity index (χ2v) is 11.4. The summed E-state index contributed by atoms with van der Waals surface area (Å²) < 4.78 is 79.2. The monoisotopic (exact) mass is 575 g/mol. The summed E-state index contributed by atoms with van der Waals surface area (Å²) in [5.41, 5.74) is -0.0405. The van der Waals surface area contributed by atoms with Crippen LogP contribution < -0.4 is 10.1 Å². The lowest BCUT2D eigenvalue weighted by molar-refractivity contribution is -0.150. The van der Waals surface area contributed by atoms with Crippen molar-refractivity contribution < 1.29 is 40.7 Å². The molecule has 0 saturated carbocycles. The van der Waals surface area contributed by atoms with Gasteiger partial charge < -0.3 is 24.3 Å². The Morgan fingerprint density at radius 3 is 2.51 bits per heavy atom. The number of imidazole rings is 1. The van der Waals surface area contributed by atoms with Crippen molar-refractivity contribution in [3.63, 3.8) is 0 Å². The standard InChI is InChI=1S/C24H32F3N5O6S/c1-15-10-32(39(35,36)22-12-30(3)14-28-22)16(2)13-38-19-7-6-17(29-21(33)9-24(25,26)27)8-18(19)23(34)31(4)11-20(15)37-5/h6-8,12,14-16,20H,9-11,13H2,1-5H3,(H,29,33)/t15-,16-,20+/m1/s1. The van der Waals surface area contributed by atoms with Crippen molar-refractivity contribution in [1.29, 1.82) is 0 Å². The quantitative estimate of drug-likeness (QED) is 0.581. The van der Waals surface area contributed by atoms with Gasteiger partial charge in [-0.3, -0.25) is 9.59 Å². The highest BCUT2D eigenvalue weighted by molar-refractivity contribution is 7.89. The van der Waals surface area contributed by atoms with Crippen LogP contribution >= 0.6 is 0 Å². The van der Waals surface area contributed by atoms with Crippen molar-refractivity contribution in [1.82, 2.24) is 18.8 Å². The van der Waals surface area contributed by atoms with E-state index in [1.807, 2.05) is 0 Å². The number of aromatic nitrogens is 2. The molecule has 1 aromatic carbocycles. The highest BCUT2D eigenvalue weighted by atomic mass is 32.2. The van der Waals surface area contributed by atoms with E-state index in [4.69, 9.17) is 9.47 Å². The first-order chi connectivity index (χ1) is 18.1. The van der Waals surface area contributed by atoms with E-state index < -0.39 is 46.6 Å². The van der Waals surface area contributed by atoms with E-state index in [2.05, 4.69) is 10.3 Å². The first kappa shape index (κ1) is 30.4. The molecule has 15 heteroatoms. The summed E-state index contributed by atoms with van der Waals surface area (Å²) in [7, 11) is 0.587. The number of hydrogen-bond donors (Lipinski definition) is 1. The van der Waals surface area contributed by atoms with E-state index in [0.717, 1.165) is 0 Å². The van der Waals surface area contributed by atoms with Gasteiger partial charge in [-0.05, 0) is 31.0 Å². The number of carbonyl (C=O) groups is 2. The summed E-state index contributed by atoms with van der Waals surface area (Å²) in [5.74, 6) is -2.09. The topological polar surface area (TPSA) is 123 Å². The predicted octanol–water partition coefficient (Wildman–Crippen LogP) is 2.51. The van der Waals surface area contributed by atoms with Crippen LogP contribution in [0.4, 0.5) is 18.9 Å². The van der Waals surface area contributed by atoms with Gasteiger partial charge in [0.15, 0.2) is 5.03 Å². The summed E-state index contributed by atoms with van der Waals surface area (Å²) >= 11 is 0. The molecule has 216 valence electrons. The highest BCUT2D eigenvalue weighted by Gasteiger charge is 2.36. The van der Waals surface area contributed by atoms with Crippen molar-refractivity contribution in [3.8, 4) is 5.75 Å². The number of benzene rings is 1. The number of hydrogen-bond acceptors (Lipinski definition) is 7. The molecule has 0 saturated heterocycles. The summed E-state index contributed by atoms with van der Waals surface area (Å²) in [5, 5.41) is 2.02. The molecule has 11 nitrogen and oxygen atoms in total. The summed E-state index contributed by atoms with van der Waals surface area (Å²) in [6, 6.07) is 3.17. The van der Waals surface area contributed by atoms with E-state index in [0.29, 0.717) is 0 Å². The Labute approximate surface area is 224 Å². The van der Waals surface area contributed by atoms with Gasteiger partial charge in [0.2, 0.25) is 5.91 Å². The number of fused-ring (bicyclic) bond motifs is 1. The molecule has 2 aromatic rings. The molecule has 2 amide bonds. The van der Waals surface area contributed by atoms with E-state index in [9.17, 15) is 31.2 Å². The number of rotatable bonds is 5. The molecule has 1 aliphatic rings. The lowest BCUT2D eigenvalue weighted by atomic mass is 10.0. The Bertz CT molecular complexity index is 1300. The van der Waals surface area contributed by atoms with Crippen LogP contribution in [-0.4, -0.2) is 91.2 Å². The number of nitrogens with one attached hydrogen (secondary N) is 1. The molecule has 39 heavy (non-hydrogen) atoms. The number of ether oxygens (including phenoxy) is 2. The van der Waals surface area contributed by atoms with Crippen LogP contribution in [0.5, 0.6) is 5.75 Å². The molecular formula is C24H32F3N5O6S. The zero-order valence-corrected chi connectivity index (χ0v) is 23.0. The lowest BCUT2D eigenvalue weighted by Crippen LogP contribution is -2.48. The number of aryl methyl sites for hydroxylation is 1. The molecule has 0 fully saturated rings. The zero-order chi connectivity index (χ0) is 29.1. The van der Waals surface area contributed by atoms with Crippen LogP contribution in [0.15, 0.2) is 35.7 Å². The number of anilines is 1. The van der Waals surface area contributed by atoms with Gasteiger partial charge in [0.1, 0.15) is 18.8 Å². The van der Waals surface area contributed by atoms with Gasteiger partial charge in [-0.2, -0.15) is 17.5 Å². The maximum atomic E-state index is 13.5. The number of likely N-dealkylation sites (N-methyl/N-ethyl adjacent to an activating group) is 1. The fourth-order valence-electron chi connectivity index (χ4n) is 4.19. The lowest BCUT2D eigenvalue weighted by Gasteiger charge is -2.35. The molecular weight excluding hydrogens is 543 g/mol. The van der Waals surface area contributed by atoms with E-state index in [-0.39, 0.29) is 47.6 Å². The number of halogens is 3. The molecule has 1 aromatic heterocycles. The average Bonchev–Trinajstić information content (AvgIpc) is 3.29. The maximum absolute atomic E-state index is 13.5. The molecule has 0 aliphatic carbocycles. The molecule has 1 aliphatic heterocycles. The average molecular weight is 576 g/mol. The van der Waals surface area contributed by atoms with Gasteiger partial charge in [-0.25, -0.2) is 13.4 Å². The predicted molar refractivity (Wildman–Crippen MR) is 135 cm³/mol. The molecule has 3 atom stereocenters. The summed E-state index contributed by atoms with van der Waals surface area (Å²) in [4.78, 5) is 30.5. The zero-order valence-electron chi connectivity index (χ0n) is 22.2. The summed E-state index contributed by atoms with van der Waals surface area (Å²) in [6.45, 7) is 3.43. The van der Waals surface area contributed by atoms with Crippen LogP contribution in [0.2, 0.25) is 0 Å². The summed E-state index contributed by atoms with van der Waals surface area (Å²) in [6.07, 6.45) is -4.16. The van der Waals surface area contributed by atoms with Crippen LogP contribution in [-0.2, 0) is 26.6 Å². The Hall–Kier alpha value is -3.17. The van der Waals surface area contributed by atoms with Gasteiger partial charge in [-0.15, -0.1) is 0 Å². The molecule has 1 N–H and O–H groups in total. The van der Waals surface area contributed by atoms with Crippen LogP contribution in [0.3, 0.4) is 0 Å². The largest absolute Gasteiger partial charge is 0.491 e. The van der Waals surface area contributed by atoms with E-state index in [1.165, 1.54) is 58.7 Å². The van der Waals surface area contributed by atoms with Crippen LogP contribution in [0.25, 0.3) is 0 Å². The second kappa shape index (κ2) is 11.9. The van der Waals surface area contributed by atoms with Gasteiger partial charge in [0.05, 0.1) is 24.0 Å². The smallest absolute Gasteiger partial charge is 0.397 e. The Kier molecular flexibility index (Phi) is 9.28. The fourth-order valence-corrected chi connectivity index (χ4v) is 5.87. The van der Waals surface area contributed by atoms with Crippen molar-refractivity contribution in [3.05, 3.63) is 36.3 Å². The minimum atomic E-state index is -4.69. The first-order valence-electron chi connectivity index (χ1n) is 12.0. The van der Waals surface area contributed by atoms with E-state index >= 15 is 0 Å². The number of methoxy groups -OCH3 is 1. The fraction of sp³-hybridized carbons (Fsp3) is 0.542. The number of alkyl halides is 3. The van der Waals surface area contributed by atoms with Gasteiger partial charge >= 0.3 is 6.18 Å². The molecule has 2 heterocycles. The first-order valence-corrected chi connectivity index (χ1v) is 13.5. The van der Waals surface area contributed by atoms with Gasteiger partial charge in [-0.1, -0.05) is 6.92 Å². The third-order valence-corrected chi connectivity index (χ3v) is 8.15. The minimum absolute atomic E-state index is 0.0169. The third-order valence-electron chi connectivity index (χ3n) is 6.29. The van der Waals surface area contributed by atoms with Crippen molar-refractivity contribution in [2.45, 2.75) is 43.6 Å². The molecule has 0 spiro atoms. The second-order valence-electron chi connectivity index (χ2n) is 9.60. The Morgan fingerprint density at radius 2 is 1.92 bits per heavy atom. The highest BCUT2D eigenvalue weighted by Crippen LogP contribution is 2.28. The number of nitrogens with zero attached hydrogens (tertiary/aromatic N) is 4. The molecule has 0 unspecified atom stereocenters. The maximum Gasteiger partial charge on any atom is 0.397 e. The Morgan fingerprint density at radius 1 is 1.23 bits per heavy atom. The molecule has 3 rings (SSSR count). The number of sulfonamides is 1.